The number of benzene rings is 3. The minimum atomic E-state index is -2.26. The Hall–Kier alpha value is -3.75. The number of carbonyl (C=O) groups excluding carboxylic acids is 1. The average Bonchev–Trinajstić information content (AvgIpc) is 3.10. The first-order chi connectivity index (χ1) is 15.2. The lowest BCUT2D eigenvalue weighted by Crippen LogP contribution is -2.10. The maximum absolute atomic E-state index is 13.9. The summed E-state index contributed by atoms with van der Waals surface area (Å²) in [5.41, 5.74) is -0.139. The molecule has 4 rings (SSSR count). The second-order valence-corrected chi connectivity index (χ2v) is 6.89. The molecule has 0 bridgehead atoms. The van der Waals surface area contributed by atoms with Crippen molar-refractivity contribution < 1.29 is 40.6 Å². The van der Waals surface area contributed by atoms with E-state index in [0.29, 0.717) is 5.56 Å². The highest BCUT2D eigenvalue weighted by molar-refractivity contribution is 6.14. The van der Waals surface area contributed by atoms with Crippen molar-refractivity contribution in [3.63, 3.8) is 0 Å². The summed E-state index contributed by atoms with van der Waals surface area (Å²) in [5, 5.41) is 0. The Morgan fingerprint density at radius 2 is 1.44 bits per heavy atom. The molecule has 1 aliphatic heterocycles. The predicted octanol–water partition coefficient (Wildman–Crippen LogP) is 6.02. The number of fused-ring (bicyclic) bond motifs is 1. The first kappa shape index (κ1) is 21.5. The van der Waals surface area contributed by atoms with Gasteiger partial charge in [-0.3, -0.25) is 4.79 Å². The van der Waals surface area contributed by atoms with Gasteiger partial charge in [-0.15, -0.1) is 0 Å². The molecule has 1 heterocycles. The Balaban J connectivity index is 1.61. The first-order valence-electron chi connectivity index (χ1n) is 9.15. The molecule has 0 aliphatic carbocycles. The Morgan fingerprint density at radius 3 is 2.06 bits per heavy atom. The fourth-order valence-corrected chi connectivity index (χ4v) is 3.16. The molecule has 0 spiro atoms. The zero-order chi connectivity index (χ0) is 23.2. The summed E-state index contributed by atoms with van der Waals surface area (Å²) in [6.07, 6.45) is 1.41. The summed E-state index contributed by atoms with van der Waals surface area (Å²) < 4.78 is 91.6. The molecule has 3 nitrogen and oxygen atoms in total. The van der Waals surface area contributed by atoms with Crippen LogP contribution in [0, 0.1) is 41.8 Å². The van der Waals surface area contributed by atoms with E-state index in [-0.39, 0.29) is 28.4 Å². The van der Waals surface area contributed by atoms with E-state index in [1.807, 2.05) is 0 Å². The Morgan fingerprint density at radius 1 is 0.844 bits per heavy atom. The fraction of sp³-hybridized carbons (Fsp3) is 0.0870. The maximum Gasteiger partial charge on any atom is 0.231 e. The largest absolute Gasteiger partial charge is 0.488 e. The van der Waals surface area contributed by atoms with Gasteiger partial charge in [0.2, 0.25) is 11.6 Å². The van der Waals surface area contributed by atoms with Crippen molar-refractivity contribution in [1.82, 2.24) is 0 Å². The maximum atomic E-state index is 13.9. The monoisotopic (exact) mass is 450 g/mol. The van der Waals surface area contributed by atoms with E-state index in [2.05, 4.69) is 0 Å². The highest BCUT2D eigenvalue weighted by Crippen LogP contribution is 2.39. The van der Waals surface area contributed by atoms with Crippen LogP contribution in [0.4, 0.5) is 26.3 Å². The van der Waals surface area contributed by atoms with Gasteiger partial charge in [-0.05, 0) is 42.8 Å². The number of rotatable bonds is 4. The first-order valence-corrected chi connectivity index (χ1v) is 9.15. The molecule has 0 saturated carbocycles. The molecule has 3 aromatic rings. The van der Waals surface area contributed by atoms with Crippen LogP contribution >= 0.6 is 0 Å². The van der Waals surface area contributed by atoms with Crippen LogP contribution in [-0.2, 0) is 6.61 Å². The van der Waals surface area contributed by atoms with Gasteiger partial charge in [0.15, 0.2) is 29.0 Å². The standard InChI is InChI=1S/C23H12F6O3/c1-10-15(31-9-14-17(25)19(27)21(29)20(28)18(14)26)7-6-13-22(30)16(32-23(10)13)8-11-2-4-12(24)5-3-11/h2-8H,9H2,1H3/b16-8-. The van der Waals surface area contributed by atoms with E-state index in [4.69, 9.17) is 9.47 Å². The highest BCUT2D eigenvalue weighted by atomic mass is 19.2. The number of hydrogen-bond donors (Lipinski definition) is 0. The normalized spacial score (nSPS) is 14.0. The number of Topliss-reactive ketones (excluding diaryl/α,β-unsaturated/α-hetero) is 1. The summed E-state index contributed by atoms with van der Waals surface area (Å²) in [7, 11) is 0. The van der Waals surface area contributed by atoms with Crippen molar-refractivity contribution >= 4 is 11.9 Å². The van der Waals surface area contributed by atoms with Gasteiger partial charge < -0.3 is 9.47 Å². The molecule has 0 fully saturated rings. The SMILES string of the molecule is Cc1c(OCc2c(F)c(F)c(F)c(F)c2F)ccc2c1O/C(=C\c1ccc(F)cc1)C2=O. The fourth-order valence-electron chi connectivity index (χ4n) is 3.16. The Labute approximate surface area is 177 Å². The van der Waals surface area contributed by atoms with Crippen LogP contribution in [0.2, 0.25) is 0 Å². The summed E-state index contributed by atoms with van der Waals surface area (Å²) in [6, 6.07) is 8.01. The third kappa shape index (κ3) is 3.59. The number of ether oxygens (including phenoxy) is 2. The van der Waals surface area contributed by atoms with Gasteiger partial charge in [-0.1, -0.05) is 12.1 Å². The zero-order valence-electron chi connectivity index (χ0n) is 16.2. The summed E-state index contributed by atoms with van der Waals surface area (Å²) in [4.78, 5) is 12.6. The molecule has 0 saturated heterocycles. The molecule has 0 N–H and O–H groups in total. The molecule has 164 valence electrons. The van der Waals surface area contributed by atoms with Gasteiger partial charge in [0.1, 0.15) is 23.9 Å². The second-order valence-electron chi connectivity index (χ2n) is 6.89. The van der Waals surface area contributed by atoms with Crippen molar-refractivity contribution in [3.8, 4) is 11.5 Å². The van der Waals surface area contributed by atoms with Gasteiger partial charge in [0, 0.05) is 5.56 Å². The molecule has 3 aromatic carbocycles. The minimum Gasteiger partial charge on any atom is -0.488 e. The third-order valence-electron chi connectivity index (χ3n) is 4.88. The zero-order valence-corrected chi connectivity index (χ0v) is 16.2. The van der Waals surface area contributed by atoms with Crippen LogP contribution in [-0.4, -0.2) is 5.78 Å². The van der Waals surface area contributed by atoms with Crippen LogP contribution in [0.3, 0.4) is 0 Å². The number of allylic oxidation sites excluding steroid dienone is 1. The van der Waals surface area contributed by atoms with E-state index >= 15 is 0 Å². The minimum absolute atomic E-state index is 0.0172. The molecule has 9 heteroatoms. The van der Waals surface area contributed by atoms with Crippen molar-refractivity contribution in [2.75, 3.05) is 0 Å². The quantitative estimate of drug-likeness (QED) is 0.211. The van der Waals surface area contributed by atoms with E-state index in [9.17, 15) is 31.1 Å². The smallest absolute Gasteiger partial charge is 0.231 e. The van der Waals surface area contributed by atoms with E-state index in [1.54, 1.807) is 0 Å². The molecule has 32 heavy (non-hydrogen) atoms. The van der Waals surface area contributed by atoms with Crippen LogP contribution in [0.1, 0.15) is 27.0 Å². The van der Waals surface area contributed by atoms with Gasteiger partial charge >= 0.3 is 0 Å². The van der Waals surface area contributed by atoms with E-state index < -0.39 is 52.9 Å². The number of halogens is 6. The van der Waals surface area contributed by atoms with Crippen molar-refractivity contribution in [1.29, 1.82) is 0 Å². The number of ketones is 1. The Kier molecular flexibility index (Phi) is 5.41. The van der Waals surface area contributed by atoms with Gasteiger partial charge in [0.05, 0.1) is 11.1 Å². The lowest BCUT2D eigenvalue weighted by atomic mass is 10.1. The van der Waals surface area contributed by atoms with Crippen molar-refractivity contribution in [2.45, 2.75) is 13.5 Å². The van der Waals surface area contributed by atoms with Gasteiger partial charge in [-0.2, -0.15) is 0 Å². The average molecular weight is 450 g/mol. The second kappa shape index (κ2) is 8.07. The molecule has 0 atom stereocenters. The summed E-state index contributed by atoms with van der Waals surface area (Å²) in [6.45, 7) is 0.554. The predicted molar refractivity (Wildman–Crippen MR) is 101 cm³/mol. The number of carbonyl (C=O) groups is 1. The van der Waals surface area contributed by atoms with Crippen molar-refractivity contribution in [2.24, 2.45) is 0 Å². The molecule has 0 amide bonds. The van der Waals surface area contributed by atoms with Crippen LogP contribution in [0.5, 0.6) is 11.5 Å². The highest BCUT2D eigenvalue weighted by Gasteiger charge is 2.31. The third-order valence-corrected chi connectivity index (χ3v) is 4.88. The topological polar surface area (TPSA) is 35.5 Å². The van der Waals surface area contributed by atoms with Crippen LogP contribution in [0.15, 0.2) is 42.2 Å². The lowest BCUT2D eigenvalue weighted by Gasteiger charge is -2.13. The van der Waals surface area contributed by atoms with E-state index in [0.717, 1.165) is 0 Å². The number of hydrogen-bond acceptors (Lipinski definition) is 3. The Bertz CT molecular complexity index is 1250. The molecular formula is C23H12F6O3. The molecule has 1 aliphatic rings. The van der Waals surface area contributed by atoms with Gasteiger partial charge in [-0.25, -0.2) is 26.3 Å². The molecular weight excluding hydrogens is 438 g/mol. The molecule has 0 unspecified atom stereocenters. The summed E-state index contributed by atoms with van der Waals surface area (Å²) >= 11 is 0. The van der Waals surface area contributed by atoms with E-state index in [1.165, 1.54) is 49.4 Å². The molecule has 0 aromatic heterocycles. The molecule has 0 radical (unpaired) electrons. The summed E-state index contributed by atoms with van der Waals surface area (Å²) in [5.74, 6) is -11.2. The van der Waals surface area contributed by atoms with Crippen LogP contribution in [0.25, 0.3) is 6.08 Å². The lowest BCUT2D eigenvalue weighted by molar-refractivity contribution is 0.101. The van der Waals surface area contributed by atoms with Gasteiger partial charge in [0.25, 0.3) is 0 Å². The van der Waals surface area contributed by atoms with Crippen molar-refractivity contribution in [3.05, 3.63) is 99.3 Å². The van der Waals surface area contributed by atoms with Crippen LogP contribution < -0.4 is 9.47 Å².